The predicted molar refractivity (Wildman–Crippen MR) is 103 cm³/mol. The third kappa shape index (κ3) is 3.71. The third-order valence-electron chi connectivity index (χ3n) is 6.41. The lowest BCUT2D eigenvalue weighted by Crippen LogP contribution is -2.68. The molecule has 6 nitrogen and oxygen atoms in total. The molecule has 0 aromatic heterocycles. The van der Waals surface area contributed by atoms with Gasteiger partial charge in [0.1, 0.15) is 6.61 Å². The number of esters is 1. The molecule has 2 amide bonds. The van der Waals surface area contributed by atoms with Crippen LogP contribution in [0.5, 0.6) is 0 Å². The van der Waals surface area contributed by atoms with Gasteiger partial charge in [0, 0.05) is 4.75 Å². The number of nitrogens with zero attached hydrogens (tertiary/aromatic N) is 1. The van der Waals surface area contributed by atoms with E-state index in [1.807, 2.05) is 11.8 Å². The Hall–Kier alpha value is -1.24. The Morgan fingerprint density at radius 1 is 1.30 bits per heavy atom. The lowest BCUT2D eigenvalue weighted by atomic mass is 9.52. The molecule has 0 N–H and O–H groups in total. The molecule has 0 aromatic carbocycles. The highest BCUT2D eigenvalue weighted by Crippen LogP contribution is 2.63. The fourth-order valence-corrected chi connectivity index (χ4v) is 7.08. The maximum atomic E-state index is 13.4. The zero-order valence-corrected chi connectivity index (χ0v) is 17.2. The van der Waals surface area contributed by atoms with Crippen molar-refractivity contribution >= 4 is 29.7 Å². The van der Waals surface area contributed by atoms with E-state index in [0.29, 0.717) is 0 Å². The van der Waals surface area contributed by atoms with Gasteiger partial charge in [0.05, 0.1) is 25.5 Å². The highest BCUT2D eigenvalue weighted by Gasteiger charge is 2.68. The largest absolute Gasteiger partial charge is 0.469 e. The predicted octanol–water partition coefficient (Wildman–Crippen LogP) is 3.63. The lowest BCUT2D eigenvalue weighted by Gasteiger charge is -2.60. The van der Waals surface area contributed by atoms with Crippen LogP contribution in [-0.4, -0.2) is 53.6 Å². The number of cyclic esters (lactones) is 1. The van der Waals surface area contributed by atoms with E-state index in [-0.39, 0.29) is 35.7 Å². The summed E-state index contributed by atoms with van der Waals surface area (Å²) in [5.74, 6) is -0.343. The number of thioether (sulfide) groups is 1. The minimum absolute atomic E-state index is 0.152. The van der Waals surface area contributed by atoms with Crippen LogP contribution in [0.1, 0.15) is 58.3 Å². The highest BCUT2D eigenvalue weighted by atomic mass is 32.2. The lowest BCUT2D eigenvalue weighted by molar-refractivity contribution is -0.169. The zero-order chi connectivity index (χ0) is 19.4. The smallest absolute Gasteiger partial charge is 0.416 e. The maximum Gasteiger partial charge on any atom is 0.416 e. The number of amides is 2. The Kier molecular flexibility index (Phi) is 6.71. The van der Waals surface area contributed by atoms with E-state index < -0.39 is 17.9 Å². The molecule has 1 heterocycles. The van der Waals surface area contributed by atoms with Crippen molar-refractivity contribution in [3.63, 3.8) is 0 Å². The van der Waals surface area contributed by atoms with Crippen molar-refractivity contribution in [3.8, 4) is 0 Å². The van der Waals surface area contributed by atoms with Crippen molar-refractivity contribution in [2.45, 2.75) is 63.0 Å². The molecular formula is C20H31NO5S. The summed E-state index contributed by atoms with van der Waals surface area (Å²) >= 11 is 1.86. The topological polar surface area (TPSA) is 72.9 Å². The van der Waals surface area contributed by atoms with Crippen LogP contribution >= 0.6 is 11.8 Å². The Labute approximate surface area is 165 Å². The van der Waals surface area contributed by atoms with Crippen molar-refractivity contribution in [2.75, 3.05) is 26.0 Å². The van der Waals surface area contributed by atoms with Gasteiger partial charge in [-0.2, -0.15) is 11.8 Å². The Bertz CT molecular complexity index is 583. The summed E-state index contributed by atoms with van der Waals surface area (Å²) in [6, 6.07) is 0. The van der Waals surface area contributed by atoms with E-state index in [1.54, 1.807) is 0 Å². The second-order valence-electron chi connectivity index (χ2n) is 7.85. The fraction of sp³-hybridized carbons (Fsp3) is 0.850. The number of hydrogen-bond acceptors (Lipinski definition) is 6. The molecule has 4 atom stereocenters. The molecule has 0 aromatic rings. The Balaban J connectivity index is 1.92. The molecule has 0 unspecified atom stereocenters. The van der Waals surface area contributed by atoms with Crippen LogP contribution in [0.4, 0.5) is 4.79 Å². The van der Waals surface area contributed by atoms with Crippen LogP contribution in [0.2, 0.25) is 0 Å². The van der Waals surface area contributed by atoms with Gasteiger partial charge in [-0.3, -0.25) is 9.59 Å². The van der Waals surface area contributed by atoms with Gasteiger partial charge in [-0.15, -0.1) is 0 Å². The minimum atomic E-state index is -0.577. The average molecular weight is 398 g/mol. The molecule has 2 saturated carbocycles. The van der Waals surface area contributed by atoms with Crippen molar-refractivity contribution in [1.82, 2.24) is 4.90 Å². The van der Waals surface area contributed by atoms with Gasteiger partial charge >= 0.3 is 12.1 Å². The first-order valence-electron chi connectivity index (χ1n) is 10.3. The summed E-state index contributed by atoms with van der Waals surface area (Å²) in [7, 11) is 1.39. The number of imide groups is 1. The number of rotatable bonds is 6. The molecular weight excluding hydrogens is 366 g/mol. The number of unbranched alkanes of at least 4 members (excludes halogenated alkanes) is 1. The number of carbonyl (C=O) groups is 3. The third-order valence-corrected chi connectivity index (χ3v) is 8.21. The Morgan fingerprint density at radius 3 is 2.74 bits per heavy atom. The van der Waals surface area contributed by atoms with Crippen LogP contribution in [-0.2, 0) is 19.1 Å². The monoisotopic (exact) mass is 397 g/mol. The van der Waals surface area contributed by atoms with Gasteiger partial charge in [-0.05, 0) is 30.9 Å². The average Bonchev–Trinajstić information content (AvgIpc) is 3.08. The summed E-state index contributed by atoms with van der Waals surface area (Å²) in [4.78, 5) is 39.2. The van der Waals surface area contributed by atoms with Gasteiger partial charge in [0.2, 0.25) is 5.91 Å². The van der Waals surface area contributed by atoms with Gasteiger partial charge in [-0.1, -0.05) is 39.0 Å². The number of ether oxygens (including phenoxy) is 2. The molecule has 3 fully saturated rings. The summed E-state index contributed by atoms with van der Waals surface area (Å²) in [6.07, 6.45) is 7.99. The van der Waals surface area contributed by atoms with Crippen LogP contribution in [0.15, 0.2) is 0 Å². The number of carbonyl (C=O) groups excluding carboxylic acids is 3. The standard InChI is InChI=1S/C20H31NO5S/c1-3-4-13-27-20-10-8-6-5-7-9-14(20)15(18(23)25-2)16(20)17(22)21-11-12-26-19(21)24/h14-16H,3-13H2,1-2H3/t14-,15-,16-,20+/m1/s1. The summed E-state index contributed by atoms with van der Waals surface area (Å²) in [5, 5.41) is 0. The van der Waals surface area contributed by atoms with E-state index in [1.165, 1.54) is 24.9 Å². The van der Waals surface area contributed by atoms with E-state index >= 15 is 0 Å². The van der Waals surface area contributed by atoms with E-state index in [2.05, 4.69) is 6.92 Å². The highest BCUT2D eigenvalue weighted by molar-refractivity contribution is 8.00. The van der Waals surface area contributed by atoms with Crippen LogP contribution < -0.4 is 0 Å². The molecule has 0 bridgehead atoms. The zero-order valence-electron chi connectivity index (χ0n) is 16.4. The molecule has 2 aliphatic carbocycles. The second kappa shape index (κ2) is 8.84. The summed E-state index contributed by atoms with van der Waals surface area (Å²) < 4.78 is 9.81. The van der Waals surface area contributed by atoms with Gasteiger partial charge in [0.15, 0.2) is 0 Å². The van der Waals surface area contributed by atoms with Crippen LogP contribution in [0.3, 0.4) is 0 Å². The molecule has 1 aliphatic heterocycles. The van der Waals surface area contributed by atoms with Crippen molar-refractivity contribution in [1.29, 1.82) is 0 Å². The molecule has 3 aliphatic rings. The number of fused-ring (bicyclic) bond motifs is 1. The van der Waals surface area contributed by atoms with Crippen molar-refractivity contribution in [3.05, 3.63) is 0 Å². The number of hydrogen-bond donors (Lipinski definition) is 0. The van der Waals surface area contributed by atoms with Gasteiger partial charge < -0.3 is 9.47 Å². The second-order valence-corrected chi connectivity index (χ2v) is 9.30. The molecule has 0 spiro atoms. The molecule has 3 rings (SSSR count). The number of methoxy groups -OCH3 is 1. The fourth-order valence-electron chi connectivity index (χ4n) is 5.07. The Morgan fingerprint density at radius 2 is 2.07 bits per heavy atom. The SMILES string of the molecule is CCCCS[C@@]12CCCCCC[C@@H]1[C@@H](C(=O)OC)[C@@H]2C(=O)N1CCOC1=O. The molecule has 27 heavy (non-hydrogen) atoms. The molecule has 7 heteroatoms. The van der Waals surface area contributed by atoms with Gasteiger partial charge in [0.25, 0.3) is 0 Å². The van der Waals surface area contributed by atoms with Crippen LogP contribution in [0.25, 0.3) is 0 Å². The van der Waals surface area contributed by atoms with E-state index in [0.717, 1.165) is 44.3 Å². The minimum Gasteiger partial charge on any atom is -0.469 e. The quantitative estimate of drug-likeness (QED) is 0.503. The summed E-state index contributed by atoms with van der Waals surface area (Å²) in [6.45, 7) is 2.68. The normalized spacial score (nSPS) is 33.3. The molecule has 1 saturated heterocycles. The summed E-state index contributed by atoms with van der Waals surface area (Å²) in [5.41, 5.74) is 0. The maximum absolute atomic E-state index is 13.4. The van der Waals surface area contributed by atoms with E-state index in [9.17, 15) is 14.4 Å². The first kappa shape index (κ1) is 20.5. The first-order chi connectivity index (χ1) is 13.1. The molecule has 0 radical (unpaired) electrons. The first-order valence-corrected chi connectivity index (χ1v) is 11.2. The van der Waals surface area contributed by atoms with Crippen molar-refractivity contribution < 1.29 is 23.9 Å². The molecule has 152 valence electrons. The van der Waals surface area contributed by atoms with Crippen molar-refractivity contribution in [2.24, 2.45) is 17.8 Å². The van der Waals surface area contributed by atoms with Crippen LogP contribution in [0, 0.1) is 17.8 Å². The van der Waals surface area contributed by atoms with E-state index in [4.69, 9.17) is 9.47 Å². The van der Waals surface area contributed by atoms with Gasteiger partial charge in [-0.25, -0.2) is 9.69 Å².